The fourth-order valence-corrected chi connectivity index (χ4v) is 4.98. The first kappa shape index (κ1) is 15.4. The molecule has 1 aliphatic rings. The molecular formula is C12H14N4O3S3. The van der Waals surface area contributed by atoms with E-state index < -0.39 is 9.84 Å². The third kappa shape index (κ3) is 3.28. The van der Waals surface area contributed by atoms with Crippen LogP contribution in [-0.2, 0) is 21.2 Å². The molecule has 0 aromatic carbocycles. The monoisotopic (exact) mass is 358 g/mol. The van der Waals surface area contributed by atoms with E-state index in [-0.39, 0.29) is 30.0 Å². The summed E-state index contributed by atoms with van der Waals surface area (Å²) < 4.78 is 24.8. The summed E-state index contributed by atoms with van der Waals surface area (Å²) in [5, 5.41) is 11.5. The van der Waals surface area contributed by atoms with Crippen molar-refractivity contribution in [3.8, 4) is 10.7 Å². The van der Waals surface area contributed by atoms with Crippen LogP contribution in [0.5, 0.6) is 0 Å². The molecule has 0 aliphatic carbocycles. The SMILES string of the molecule is O=C(Cn1c(-c2cccs2)n[nH]c1=S)N[C@H]1CCS(=O)(=O)C1. The van der Waals surface area contributed by atoms with Crippen molar-refractivity contribution in [2.75, 3.05) is 11.5 Å². The zero-order chi connectivity index (χ0) is 15.7. The van der Waals surface area contributed by atoms with Gasteiger partial charge < -0.3 is 5.32 Å². The van der Waals surface area contributed by atoms with Crippen LogP contribution in [-0.4, -0.2) is 46.6 Å². The van der Waals surface area contributed by atoms with Gasteiger partial charge in [0, 0.05) is 6.04 Å². The van der Waals surface area contributed by atoms with Crippen molar-refractivity contribution in [2.45, 2.75) is 19.0 Å². The van der Waals surface area contributed by atoms with E-state index >= 15 is 0 Å². The van der Waals surface area contributed by atoms with Crippen LogP contribution in [0.15, 0.2) is 17.5 Å². The van der Waals surface area contributed by atoms with Crippen LogP contribution in [0.3, 0.4) is 0 Å². The zero-order valence-corrected chi connectivity index (χ0v) is 13.9. The molecule has 0 spiro atoms. The Morgan fingerprint density at radius 3 is 3.05 bits per heavy atom. The molecule has 118 valence electrons. The molecule has 1 saturated heterocycles. The minimum absolute atomic E-state index is 0.00725. The van der Waals surface area contributed by atoms with Gasteiger partial charge in [0.1, 0.15) is 6.54 Å². The molecule has 10 heteroatoms. The van der Waals surface area contributed by atoms with Crippen LogP contribution >= 0.6 is 23.6 Å². The Hall–Kier alpha value is -1.52. The van der Waals surface area contributed by atoms with Crippen molar-refractivity contribution in [2.24, 2.45) is 0 Å². The summed E-state index contributed by atoms with van der Waals surface area (Å²) >= 11 is 6.66. The highest BCUT2D eigenvalue weighted by Gasteiger charge is 2.29. The third-order valence-electron chi connectivity index (χ3n) is 3.40. The number of aromatic amines is 1. The van der Waals surface area contributed by atoms with Crippen molar-refractivity contribution in [3.63, 3.8) is 0 Å². The van der Waals surface area contributed by atoms with Crippen LogP contribution in [0.1, 0.15) is 6.42 Å². The first-order valence-electron chi connectivity index (χ1n) is 6.63. The molecule has 1 fully saturated rings. The minimum Gasteiger partial charge on any atom is -0.351 e. The maximum atomic E-state index is 12.1. The number of carbonyl (C=O) groups excluding carboxylic acids is 1. The second-order valence-corrected chi connectivity index (χ2v) is 8.65. The van der Waals surface area contributed by atoms with Crippen LogP contribution < -0.4 is 5.32 Å². The summed E-state index contributed by atoms with van der Waals surface area (Å²) in [7, 11) is -3.01. The number of nitrogens with zero attached hydrogens (tertiary/aromatic N) is 2. The second kappa shape index (κ2) is 5.94. The second-order valence-electron chi connectivity index (χ2n) is 5.08. The predicted molar refractivity (Wildman–Crippen MR) is 85.9 cm³/mol. The van der Waals surface area contributed by atoms with E-state index in [0.29, 0.717) is 17.0 Å². The van der Waals surface area contributed by atoms with Gasteiger partial charge in [-0.3, -0.25) is 14.5 Å². The number of sulfone groups is 1. The molecule has 1 aliphatic heterocycles. The Morgan fingerprint density at radius 2 is 2.41 bits per heavy atom. The molecule has 22 heavy (non-hydrogen) atoms. The molecule has 0 radical (unpaired) electrons. The Morgan fingerprint density at radius 1 is 1.59 bits per heavy atom. The predicted octanol–water partition coefficient (Wildman–Crippen LogP) is 0.972. The van der Waals surface area contributed by atoms with Crippen molar-refractivity contribution in [1.82, 2.24) is 20.1 Å². The highest BCUT2D eigenvalue weighted by Crippen LogP contribution is 2.22. The maximum absolute atomic E-state index is 12.1. The van der Waals surface area contributed by atoms with E-state index in [1.54, 1.807) is 4.57 Å². The Bertz CT molecular complexity index is 835. The summed E-state index contributed by atoms with van der Waals surface area (Å²) in [6.45, 7) is 0.0130. The summed E-state index contributed by atoms with van der Waals surface area (Å²) in [5.74, 6) is 0.475. The van der Waals surface area contributed by atoms with Gasteiger partial charge in [0.25, 0.3) is 0 Å². The highest BCUT2D eigenvalue weighted by atomic mass is 32.2. The van der Waals surface area contributed by atoms with Gasteiger partial charge in [0.15, 0.2) is 20.4 Å². The lowest BCUT2D eigenvalue weighted by Crippen LogP contribution is -2.37. The van der Waals surface area contributed by atoms with Gasteiger partial charge in [0.05, 0.1) is 16.4 Å². The fraction of sp³-hybridized carbons (Fsp3) is 0.417. The first-order chi connectivity index (χ1) is 10.4. The minimum atomic E-state index is -3.01. The molecule has 0 saturated carbocycles. The standard InChI is InChI=1S/C12H14N4O3S3/c17-10(13-8-3-5-22(18,19)7-8)6-16-11(14-15-12(16)20)9-2-1-4-21-9/h1-2,4,8H,3,5-7H2,(H,13,17)(H,15,20)/t8-/m0/s1. The summed E-state index contributed by atoms with van der Waals surface area (Å²) in [6.07, 6.45) is 0.461. The molecular weight excluding hydrogens is 344 g/mol. The topological polar surface area (TPSA) is 96.8 Å². The molecule has 0 unspecified atom stereocenters. The summed E-state index contributed by atoms with van der Waals surface area (Å²) in [4.78, 5) is 13.0. The van der Waals surface area contributed by atoms with Crippen molar-refractivity contribution >= 4 is 39.3 Å². The average molecular weight is 358 g/mol. The number of aromatic nitrogens is 3. The molecule has 7 nitrogen and oxygen atoms in total. The lowest BCUT2D eigenvalue weighted by atomic mass is 10.2. The van der Waals surface area contributed by atoms with E-state index in [4.69, 9.17) is 12.2 Å². The number of nitrogens with one attached hydrogen (secondary N) is 2. The zero-order valence-electron chi connectivity index (χ0n) is 11.5. The van der Waals surface area contributed by atoms with Crippen molar-refractivity contribution in [1.29, 1.82) is 0 Å². The van der Waals surface area contributed by atoms with Gasteiger partial charge in [-0.1, -0.05) is 6.07 Å². The number of amides is 1. The van der Waals surface area contributed by atoms with Gasteiger partial charge in [0.2, 0.25) is 5.91 Å². The smallest absolute Gasteiger partial charge is 0.240 e. The van der Waals surface area contributed by atoms with Gasteiger partial charge in [-0.25, -0.2) is 8.42 Å². The van der Waals surface area contributed by atoms with Crippen LogP contribution in [0, 0.1) is 4.77 Å². The highest BCUT2D eigenvalue weighted by molar-refractivity contribution is 7.91. The number of H-pyrrole nitrogens is 1. The van der Waals surface area contributed by atoms with Crippen LogP contribution in [0.25, 0.3) is 10.7 Å². The molecule has 0 bridgehead atoms. The number of rotatable bonds is 4. The van der Waals surface area contributed by atoms with Crippen LogP contribution in [0.2, 0.25) is 0 Å². The molecule has 2 N–H and O–H groups in total. The van der Waals surface area contributed by atoms with E-state index in [1.165, 1.54) is 11.3 Å². The number of hydrogen-bond donors (Lipinski definition) is 2. The summed E-state index contributed by atoms with van der Waals surface area (Å²) in [6, 6.07) is 3.47. The van der Waals surface area contributed by atoms with Crippen LogP contribution in [0.4, 0.5) is 0 Å². The van der Waals surface area contributed by atoms with Crippen molar-refractivity contribution < 1.29 is 13.2 Å². The maximum Gasteiger partial charge on any atom is 0.240 e. The van der Waals surface area contributed by atoms with E-state index in [9.17, 15) is 13.2 Å². The molecule has 2 aromatic heterocycles. The Kier molecular flexibility index (Phi) is 4.15. The van der Waals surface area contributed by atoms with Gasteiger partial charge in [-0.2, -0.15) is 5.10 Å². The van der Waals surface area contributed by atoms with E-state index in [2.05, 4.69) is 15.5 Å². The molecule has 1 atom stereocenters. The average Bonchev–Trinajstić information content (AvgIpc) is 3.13. The quantitative estimate of drug-likeness (QED) is 0.794. The van der Waals surface area contributed by atoms with Crippen molar-refractivity contribution in [3.05, 3.63) is 22.3 Å². The normalized spacial score (nSPS) is 20.1. The molecule has 1 amide bonds. The van der Waals surface area contributed by atoms with Gasteiger partial charge >= 0.3 is 0 Å². The summed E-state index contributed by atoms with van der Waals surface area (Å²) in [5.41, 5.74) is 0. The molecule has 3 heterocycles. The van der Waals surface area contributed by atoms with E-state index in [1.807, 2.05) is 17.5 Å². The Labute approximate surface area is 136 Å². The number of thiophene rings is 1. The largest absolute Gasteiger partial charge is 0.351 e. The fourth-order valence-electron chi connectivity index (χ4n) is 2.38. The first-order valence-corrected chi connectivity index (χ1v) is 9.74. The molecule has 2 aromatic rings. The van der Waals surface area contributed by atoms with E-state index in [0.717, 1.165) is 4.88 Å². The van der Waals surface area contributed by atoms with Gasteiger partial charge in [-0.05, 0) is 30.1 Å². The lowest BCUT2D eigenvalue weighted by molar-refractivity contribution is -0.122. The molecule has 3 rings (SSSR count). The lowest BCUT2D eigenvalue weighted by Gasteiger charge is -2.11. The number of carbonyl (C=O) groups is 1. The Balaban J connectivity index is 1.73. The van der Waals surface area contributed by atoms with Gasteiger partial charge in [-0.15, -0.1) is 11.3 Å². The number of hydrogen-bond acceptors (Lipinski definition) is 6. The third-order valence-corrected chi connectivity index (χ3v) is 6.34.